The molecule has 1 amide bonds. The van der Waals surface area contributed by atoms with Crippen molar-refractivity contribution in [1.82, 2.24) is 5.32 Å². The largest absolute Gasteiger partial charge is 0.457 e. The van der Waals surface area contributed by atoms with E-state index in [4.69, 9.17) is 4.74 Å². The van der Waals surface area contributed by atoms with E-state index in [2.05, 4.69) is 5.32 Å². The fraction of sp³-hybridized carbons (Fsp3) is 0.125. The number of benzene rings is 3. The number of hydrogen-bond acceptors (Lipinski definition) is 4. The van der Waals surface area contributed by atoms with Gasteiger partial charge in [0.05, 0.1) is 12.1 Å². The second-order valence-electron chi connectivity index (χ2n) is 7.02. The lowest BCUT2D eigenvalue weighted by Crippen LogP contribution is -2.38. The molecule has 0 aliphatic carbocycles. The molecule has 0 fully saturated rings. The van der Waals surface area contributed by atoms with Crippen LogP contribution in [0.3, 0.4) is 0 Å². The number of aliphatic hydroxyl groups is 1. The van der Waals surface area contributed by atoms with Gasteiger partial charge in [-0.05, 0) is 48.7 Å². The Labute approximate surface area is 173 Å². The number of thiophene rings is 1. The molecule has 0 radical (unpaired) electrons. The number of ether oxygens (including phenoxy) is 1. The highest BCUT2D eigenvalue weighted by atomic mass is 32.1. The molecular weight excluding hydrogens is 382 g/mol. The van der Waals surface area contributed by atoms with Gasteiger partial charge in [0.1, 0.15) is 17.1 Å². The predicted octanol–water partition coefficient (Wildman–Crippen LogP) is 5.33. The Balaban J connectivity index is 1.49. The van der Waals surface area contributed by atoms with Crippen LogP contribution in [0.5, 0.6) is 11.5 Å². The van der Waals surface area contributed by atoms with Crippen LogP contribution in [-0.2, 0) is 5.60 Å². The highest BCUT2D eigenvalue weighted by Gasteiger charge is 2.27. The Hall–Kier alpha value is -3.15. The lowest BCUT2D eigenvalue weighted by Gasteiger charge is -2.22. The van der Waals surface area contributed by atoms with E-state index in [0.717, 1.165) is 15.0 Å². The van der Waals surface area contributed by atoms with E-state index in [1.807, 2.05) is 66.7 Å². The van der Waals surface area contributed by atoms with E-state index < -0.39 is 5.60 Å². The summed E-state index contributed by atoms with van der Waals surface area (Å²) in [5.74, 6) is 0.834. The Morgan fingerprint density at radius 2 is 1.69 bits per heavy atom. The van der Waals surface area contributed by atoms with Gasteiger partial charge in [-0.25, -0.2) is 0 Å². The molecule has 1 aromatic heterocycles. The van der Waals surface area contributed by atoms with Crippen molar-refractivity contribution in [1.29, 1.82) is 0 Å². The molecule has 5 heteroatoms. The predicted molar refractivity (Wildman–Crippen MR) is 117 cm³/mol. The van der Waals surface area contributed by atoms with Crippen LogP contribution in [0, 0.1) is 0 Å². The molecule has 4 nitrogen and oxygen atoms in total. The molecule has 4 aromatic rings. The molecule has 1 atom stereocenters. The van der Waals surface area contributed by atoms with Crippen LogP contribution in [0.25, 0.3) is 10.1 Å². The monoisotopic (exact) mass is 403 g/mol. The highest BCUT2D eigenvalue weighted by molar-refractivity contribution is 7.19. The number of hydrogen-bond donors (Lipinski definition) is 2. The maximum absolute atomic E-state index is 12.8. The first-order valence-electron chi connectivity index (χ1n) is 9.34. The van der Waals surface area contributed by atoms with Gasteiger partial charge in [-0.3, -0.25) is 4.79 Å². The minimum Gasteiger partial charge on any atom is -0.457 e. The molecule has 29 heavy (non-hydrogen) atoms. The van der Waals surface area contributed by atoms with Crippen molar-refractivity contribution in [3.63, 3.8) is 0 Å². The van der Waals surface area contributed by atoms with Crippen molar-refractivity contribution in [2.45, 2.75) is 12.5 Å². The van der Waals surface area contributed by atoms with Crippen LogP contribution in [0.4, 0.5) is 0 Å². The summed E-state index contributed by atoms with van der Waals surface area (Å²) in [7, 11) is 0. The van der Waals surface area contributed by atoms with E-state index in [1.165, 1.54) is 11.3 Å². The molecule has 0 spiro atoms. The zero-order valence-electron chi connectivity index (χ0n) is 16.0. The summed E-state index contributed by atoms with van der Waals surface area (Å²) in [5.41, 5.74) is -0.752. The number of nitrogens with one attached hydrogen (secondary N) is 1. The van der Waals surface area contributed by atoms with E-state index in [-0.39, 0.29) is 12.5 Å². The standard InChI is InChI=1S/C24H21NO3S/c1-24(27,22-15-17-9-5-8-14-21(17)29-22)16-25-23(26)19-12-6-7-13-20(19)28-18-10-3-2-4-11-18/h2-15,27H,16H2,1H3,(H,25,26). The maximum Gasteiger partial charge on any atom is 0.255 e. The topological polar surface area (TPSA) is 58.6 Å². The highest BCUT2D eigenvalue weighted by Crippen LogP contribution is 2.33. The summed E-state index contributed by atoms with van der Waals surface area (Å²) in [6.45, 7) is 1.81. The third-order valence-electron chi connectivity index (χ3n) is 4.65. The Bertz CT molecular complexity index is 1100. The summed E-state index contributed by atoms with van der Waals surface area (Å²) < 4.78 is 6.97. The van der Waals surface area contributed by atoms with Crippen molar-refractivity contribution in [3.8, 4) is 11.5 Å². The molecule has 2 N–H and O–H groups in total. The lowest BCUT2D eigenvalue weighted by atomic mass is 10.0. The first-order chi connectivity index (χ1) is 14.0. The number of para-hydroxylation sites is 2. The van der Waals surface area contributed by atoms with E-state index >= 15 is 0 Å². The smallest absolute Gasteiger partial charge is 0.255 e. The second-order valence-corrected chi connectivity index (χ2v) is 8.10. The molecule has 1 unspecified atom stereocenters. The van der Waals surface area contributed by atoms with Crippen molar-refractivity contribution in [2.75, 3.05) is 6.54 Å². The van der Waals surface area contributed by atoms with Gasteiger partial charge in [0.2, 0.25) is 0 Å². The third kappa shape index (κ3) is 4.31. The number of amides is 1. The van der Waals surface area contributed by atoms with Gasteiger partial charge < -0.3 is 15.2 Å². The number of carbonyl (C=O) groups excluding carboxylic acids is 1. The fourth-order valence-electron chi connectivity index (χ4n) is 3.04. The summed E-state index contributed by atoms with van der Waals surface area (Å²) in [5, 5.41) is 14.9. The lowest BCUT2D eigenvalue weighted by molar-refractivity contribution is 0.0556. The van der Waals surface area contributed by atoms with Crippen LogP contribution in [0.2, 0.25) is 0 Å². The van der Waals surface area contributed by atoms with Gasteiger partial charge in [-0.1, -0.05) is 48.5 Å². The average Bonchev–Trinajstić information content (AvgIpc) is 3.19. The SMILES string of the molecule is CC(O)(CNC(=O)c1ccccc1Oc1ccccc1)c1cc2ccccc2s1. The number of carbonyl (C=O) groups is 1. The summed E-state index contributed by atoms with van der Waals surface area (Å²) in [6, 6.07) is 26.4. The van der Waals surface area contributed by atoms with Gasteiger partial charge in [0, 0.05) is 9.58 Å². The molecule has 0 saturated heterocycles. The zero-order valence-corrected chi connectivity index (χ0v) is 16.8. The molecule has 0 saturated carbocycles. The van der Waals surface area contributed by atoms with Gasteiger partial charge in [-0.15, -0.1) is 11.3 Å². The molecular formula is C24H21NO3S. The normalized spacial score (nSPS) is 13.0. The molecule has 3 aromatic carbocycles. The van der Waals surface area contributed by atoms with Crippen molar-refractivity contribution in [3.05, 3.63) is 95.4 Å². The quantitative estimate of drug-likeness (QED) is 0.457. The minimum atomic E-state index is -1.17. The second kappa shape index (κ2) is 8.07. The van der Waals surface area contributed by atoms with Crippen LogP contribution in [-0.4, -0.2) is 17.6 Å². The Kier molecular flexibility index (Phi) is 5.34. The van der Waals surface area contributed by atoms with E-state index in [0.29, 0.717) is 17.1 Å². The van der Waals surface area contributed by atoms with Crippen molar-refractivity contribution < 1.29 is 14.6 Å². The van der Waals surface area contributed by atoms with Crippen molar-refractivity contribution >= 4 is 27.3 Å². The van der Waals surface area contributed by atoms with Gasteiger partial charge in [-0.2, -0.15) is 0 Å². The van der Waals surface area contributed by atoms with Crippen LogP contribution in [0.1, 0.15) is 22.2 Å². The van der Waals surface area contributed by atoms with Gasteiger partial charge in [0.25, 0.3) is 5.91 Å². The van der Waals surface area contributed by atoms with Gasteiger partial charge in [0.15, 0.2) is 0 Å². The first-order valence-corrected chi connectivity index (χ1v) is 10.2. The Morgan fingerprint density at radius 1 is 1.00 bits per heavy atom. The molecule has 0 aliphatic rings. The molecule has 0 bridgehead atoms. The maximum atomic E-state index is 12.8. The Morgan fingerprint density at radius 3 is 2.48 bits per heavy atom. The summed E-state index contributed by atoms with van der Waals surface area (Å²) in [4.78, 5) is 13.6. The summed E-state index contributed by atoms with van der Waals surface area (Å²) in [6.07, 6.45) is 0. The fourth-order valence-corrected chi connectivity index (χ4v) is 4.15. The third-order valence-corrected chi connectivity index (χ3v) is 6.02. The zero-order chi connectivity index (χ0) is 20.3. The average molecular weight is 404 g/mol. The van der Waals surface area contributed by atoms with Gasteiger partial charge >= 0.3 is 0 Å². The van der Waals surface area contributed by atoms with E-state index in [1.54, 1.807) is 25.1 Å². The minimum absolute atomic E-state index is 0.0956. The summed E-state index contributed by atoms with van der Waals surface area (Å²) >= 11 is 1.53. The molecule has 146 valence electrons. The van der Waals surface area contributed by atoms with Crippen LogP contribution in [0.15, 0.2) is 84.9 Å². The van der Waals surface area contributed by atoms with Crippen LogP contribution >= 0.6 is 11.3 Å². The first kappa shape index (κ1) is 19.2. The molecule has 4 rings (SSSR count). The van der Waals surface area contributed by atoms with E-state index in [9.17, 15) is 9.90 Å². The molecule has 0 aliphatic heterocycles. The number of rotatable bonds is 6. The van der Waals surface area contributed by atoms with Crippen LogP contribution < -0.4 is 10.1 Å². The van der Waals surface area contributed by atoms with Crippen molar-refractivity contribution in [2.24, 2.45) is 0 Å². The molecule has 1 heterocycles. The number of fused-ring (bicyclic) bond motifs is 1.